The molecular formula is C12H15N3. The van der Waals surface area contributed by atoms with Crippen LogP contribution in [0.5, 0.6) is 0 Å². The topological polar surface area (TPSA) is 43.3 Å². The van der Waals surface area contributed by atoms with Gasteiger partial charge in [0.2, 0.25) is 0 Å². The highest BCUT2D eigenvalue weighted by atomic mass is 15.0. The van der Waals surface area contributed by atoms with Crippen LogP contribution in [0.25, 0.3) is 5.52 Å². The van der Waals surface area contributed by atoms with E-state index in [2.05, 4.69) is 34.6 Å². The molecule has 78 valence electrons. The normalized spacial score (nSPS) is 16.1. The number of hydrogen-bond acceptors (Lipinski definition) is 2. The van der Waals surface area contributed by atoms with Crippen molar-refractivity contribution in [2.75, 3.05) is 0 Å². The van der Waals surface area contributed by atoms with Gasteiger partial charge in [-0.2, -0.15) is 0 Å². The molecule has 2 aromatic heterocycles. The van der Waals surface area contributed by atoms with Crippen molar-refractivity contribution in [1.82, 2.24) is 9.38 Å². The molecule has 2 heterocycles. The fraction of sp³-hybridized carbons (Fsp3) is 0.417. The number of aryl methyl sites for hydroxylation is 1. The van der Waals surface area contributed by atoms with Crippen molar-refractivity contribution in [2.24, 2.45) is 5.73 Å². The summed E-state index contributed by atoms with van der Waals surface area (Å²) in [5.74, 6) is 1.87. The maximum absolute atomic E-state index is 5.71. The van der Waals surface area contributed by atoms with Crippen molar-refractivity contribution in [2.45, 2.75) is 32.2 Å². The van der Waals surface area contributed by atoms with Gasteiger partial charge in [0.15, 0.2) is 0 Å². The van der Waals surface area contributed by atoms with E-state index in [0.29, 0.717) is 12.5 Å². The first kappa shape index (κ1) is 8.92. The highest BCUT2D eigenvalue weighted by Crippen LogP contribution is 2.40. The molecule has 2 aromatic rings. The van der Waals surface area contributed by atoms with Crippen LogP contribution in [0.4, 0.5) is 0 Å². The molecule has 0 aliphatic heterocycles. The van der Waals surface area contributed by atoms with Gasteiger partial charge in [-0.15, -0.1) is 0 Å². The van der Waals surface area contributed by atoms with Crippen molar-refractivity contribution in [1.29, 1.82) is 0 Å². The fourth-order valence-electron chi connectivity index (χ4n) is 2.06. The van der Waals surface area contributed by atoms with Crippen LogP contribution in [0, 0.1) is 6.92 Å². The summed E-state index contributed by atoms with van der Waals surface area (Å²) in [5, 5.41) is 0. The lowest BCUT2D eigenvalue weighted by Gasteiger charge is -2.00. The molecule has 0 aromatic carbocycles. The minimum Gasteiger partial charge on any atom is -0.325 e. The van der Waals surface area contributed by atoms with Crippen LogP contribution in [0.1, 0.15) is 35.8 Å². The number of aromatic nitrogens is 2. The molecule has 15 heavy (non-hydrogen) atoms. The van der Waals surface area contributed by atoms with Crippen LogP contribution in [0.15, 0.2) is 18.3 Å². The van der Waals surface area contributed by atoms with Gasteiger partial charge >= 0.3 is 0 Å². The number of hydrogen-bond donors (Lipinski definition) is 1. The molecule has 0 amide bonds. The quantitative estimate of drug-likeness (QED) is 0.807. The minimum absolute atomic E-state index is 0.527. The van der Waals surface area contributed by atoms with E-state index in [4.69, 9.17) is 5.73 Å². The summed E-state index contributed by atoms with van der Waals surface area (Å²) in [4.78, 5) is 4.65. The smallest absolute Gasteiger partial charge is 0.116 e. The van der Waals surface area contributed by atoms with Gasteiger partial charge in [0.05, 0.1) is 11.2 Å². The number of nitrogens with two attached hydrogens (primary N) is 1. The van der Waals surface area contributed by atoms with Crippen LogP contribution in [0.3, 0.4) is 0 Å². The van der Waals surface area contributed by atoms with Gasteiger partial charge in [0, 0.05) is 18.7 Å². The average molecular weight is 201 g/mol. The maximum atomic E-state index is 5.71. The number of nitrogens with zero attached hydrogens (tertiary/aromatic N) is 2. The molecule has 0 bridgehead atoms. The van der Waals surface area contributed by atoms with Crippen LogP contribution in [0.2, 0.25) is 0 Å². The minimum atomic E-state index is 0.527. The van der Waals surface area contributed by atoms with Gasteiger partial charge < -0.3 is 10.1 Å². The summed E-state index contributed by atoms with van der Waals surface area (Å²) in [7, 11) is 0. The Hall–Kier alpha value is -1.35. The van der Waals surface area contributed by atoms with E-state index in [1.807, 2.05) is 0 Å². The van der Waals surface area contributed by atoms with E-state index in [9.17, 15) is 0 Å². The monoisotopic (exact) mass is 201 g/mol. The first-order valence-corrected chi connectivity index (χ1v) is 5.47. The van der Waals surface area contributed by atoms with Crippen molar-refractivity contribution >= 4 is 5.52 Å². The summed E-state index contributed by atoms with van der Waals surface area (Å²) in [6.45, 7) is 2.64. The molecule has 3 rings (SSSR count). The van der Waals surface area contributed by atoms with Gasteiger partial charge in [-0.1, -0.05) is 6.07 Å². The van der Waals surface area contributed by atoms with Gasteiger partial charge in [-0.05, 0) is 31.4 Å². The molecule has 1 saturated carbocycles. The predicted molar refractivity (Wildman–Crippen MR) is 59.8 cm³/mol. The summed E-state index contributed by atoms with van der Waals surface area (Å²) in [5.41, 5.74) is 9.18. The second-order valence-corrected chi connectivity index (χ2v) is 4.36. The molecule has 3 nitrogen and oxygen atoms in total. The van der Waals surface area contributed by atoms with E-state index < -0.39 is 0 Å². The zero-order chi connectivity index (χ0) is 10.4. The predicted octanol–water partition coefficient (Wildman–Crippen LogP) is 1.98. The zero-order valence-corrected chi connectivity index (χ0v) is 8.90. The fourth-order valence-corrected chi connectivity index (χ4v) is 2.06. The number of imidazole rings is 1. The van der Waals surface area contributed by atoms with E-state index in [1.165, 1.54) is 29.7 Å². The number of fused-ring (bicyclic) bond motifs is 1. The van der Waals surface area contributed by atoms with Gasteiger partial charge in [0.25, 0.3) is 0 Å². The molecule has 1 aliphatic rings. The Labute approximate surface area is 88.9 Å². The van der Waals surface area contributed by atoms with E-state index >= 15 is 0 Å². The van der Waals surface area contributed by atoms with Crippen molar-refractivity contribution < 1.29 is 0 Å². The maximum Gasteiger partial charge on any atom is 0.116 e. The Morgan fingerprint density at radius 1 is 1.47 bits per heavy atom. The van der Waals surface area contributed by atoms with Gasteiger partial charge in [-0.3, -0.25) is 0 Å². The standard InChI is InChI=1S/C12H15N3/c1-8-2-5-11-10(6-13)14-12(9-3-4-9)15(11)7-8/h2,5,7,9H,3-4,6,13H2,1H3. The Kier molecular flexibility index (Phi) is 1.83. The third-order valence-electron chi connectivity index (χ3n) is 3.02. The third kappa shape index (κ3) is 1.35. The van der Waals surface area contributed by atoms with Crippen molar-refractivity contribution in [3.8, 4) is 0 Å². The van der Waals surface area contributed by atoms with E-state index in [-0.39, 0.29) is 0 Å². The Balaban J connectivity index is 2.29. The molecule has 3 heteroatoms. The number of pyridine rings is 1. The average Bonchev–Trinajstić information content (AvgIpc) is 3.00. The molecule has 2 N–H and O–H groups in total. The largest absolute Gasteiger partial charge is 0.325 e. The van der Waals surface area contributed by atoms with Crippen molar-refractivity contribution in [3.63, 3.8) is 0 Å². The van der Waals surface area contributed by atoms with Gasteiger partial charge in [-0.25, -0.2) is 4.98 Å². The molecule has 0 atom stereocenters. The molecular weight excluding hydrogens is 186 g/mol. The van der Waals surface area contributed by atoms with Crippen LogP contribution < -0.4 is 5.73 Å². The second-order valence-electron chi connectivity index (χ2n) is 4.36. The summed E-state index contributed by atoms with van der Waals surface area (Å²) in [6, 6.07) is 4.24. The van der Waals surface area contributed by atoms with Crippen LogP contribution in [-0.2, 0) is 6.54 Å². The molecule has 1 fully saturated rings. The lowest BCUT2D eigenvalue weighted by molar-refractivity contribution is 0.901. The summed E-state index contributed by atoms with van der Waals surface area (Å²) >= 11 is 0. The molecule has 0 saturated heterocycles. The molecule has 0 radical (unpaired) electrons. The van der Waals surface area contributed by atoms with E-state index in [0.717, 1.165) is 5.69 Å². The summed E-state index contributed by atoms with van der Waals surface area (Å²) < 4.78 is 2.22. The highest BCUT2D eigenvalue weighted by Gasteiger charge is 2.28. The molecule has 1 aliphatic carbocycles. The molecule has 0 unspecified atom stereocenters. The SMILES string of the molecule is Cc1ccc2c(CN)nc(C3CC3)n2c1. The first-order chi connectivity index (χ1) is 7.29. The lowest BCUT2D eigenvalue weighted by atomic mass is 10.2. The first-order valence-electron chi connectivity index (χ1n) is 5.47. The summed E-state index contributed by atoms with van der Waals surface area (Å²) in [6.07, 6.45) is 4.71. The van der Waals surface area contributed by atoms with Crippen LogP contribution >= 0.6 is 0 Å². The van der Waals surface area contributed by atoms with Crippen molar-refractivity contribution in [3.05, 3.63) is 35.4 Å². The Bertz CT molecular complexity index is 509. The lowest BCUT2D eigenvalue weighted by Crippen LogP contribution is -1.97. The van der Waals surface area contributed by atoms with Gasteiger partial charge in [0.1, 0.15) is 5.82 Å². The van der Waals surface area contributed by atoms with Crippen LogP contribution in [-0.4, -0.2) is 9.38 Å². The number of rotatable bonds is 2. The second kappa shape index (κ2) is 3.07. The van der Waals surface area contributed by atoms with E-state index in [1.54, 1.807) is 0 Å². The molecule has 0 spiro atoms. The highest BCUT2D eigenvalue weighted by molar-refractivity contribution is 5.54. The Morgan fingerprint density at radius 2 is 2.27 bits per heavy atom. The zero-order valence-electron chi connectivity index (χ0n) is 8.90. The Morgan fingerprint density at radius 3 is 2.93 bits per heavy atom. The third-order valence-corrected chi connectivity index (χ3v) is 3.02.